The van der Waals surface area contributed by atoms with Crippen LogP contribution >= 0.6 is 0 Å². The zero-order chi connectivity index (χ0) is 16.1. The first-order valence-corrected chi connectivity index (χ1v) is 7.60. The molecule has 3 rings (SSSR count). The molecular weight excluding hydrogens is 286 g/mol. The van der Waals surface area contributed by atoms with Crippen molar-refractivity contribution >= 4 is 0 Å². The highest BCUT2D eigenvalue weighted by Crippen LogP contribution is 2.27. The molecule has 0 atom stereocenters. The third kappa shape index (κ3) is 3.76. The van der Waals surface area contributed by atoms with Crippen LogP contribution in [0, 0.1) is 6.92 Å². The highest BCUT2D eigenvalue weighted by molar-refractivity contribution is 5.65. The van der Waals surface area contributed by atoms with Gasteiger partial charge in [-0.3, -0.25) is 4.98 Å². The second-order valence-corrected chi connectivity index (χ2v) is 5.44. The van der Waals surface area contributed by atoms with E-state index in [1.807, 2.05) is 73.8 Å². The highest BCUT2D eigenvalue weighted by atomic mass is 16.5. The van der Waals surface area contributed by atoms with Gasteiger partial charge in [0.1, 0.15) is 12.4 Å². The molecule has 0 aliphatic rings. The maximum Gasteiger partial charge on any atom is 0.125 e. The van der Waals surface area contributed by atoms with Crippen LogP contribution in [0.1, 0.15) is 16.8 Å². The number of hydrogen-bond donors (Lipinski definition) is 1. The summed E-state index contributed by atoms with van der Waals surface area (Å²) in [6, 6.07) is 19.8. The number of aliphatic hydroxyl groups excluding tert-OH is 1. The van der Waals surface area contributed by atoms with Crippen molar-refractivity contribution in [1.29, 1.82) is 0 Å². The summed E-state index contributed by atoms with van der Waals surface area (Å²) in [4.78, 5) is 4.32. The second-order valence-electron chi connectivity index (χ2n) is 5.44. The Labute approximate surface area is 136 Å². The topological polar surface area (TPSA) is 42.4 Å². The minimum atomic E-state index is -0.0583. The van der Waals surface area contributed by atoms with Crippen molar-refractivity contribution < 1.29 is 9.84 Å². The standard InChI is InChI=1S/C20H19NO2/c1-15-7-8-18(12-21-15)17-9-10-20(19(11-17)13-22)23-14-16-5-3-2-4-6-16/h2-12,22H,13-14H2,1H3. The summed E-state index contributed by atoms with van der Waals surface area (Å²) in [7, 11) is 0. The van der Waals surface area contributed by atoms with Crippen LogP contribution in [-0.4, -0.2) is 10.1 Å². The largest absolute Gasteiger partial charge is 0.489 e. The van der Waals surface area contributed by atoms with Crippen molar-refractivity contribution in [1.82, 2.24) is 4.98 Å². The van der Waals surface area contributed by atoms with Crippen molar-refractivity contribution in [2.24, 2.45) is 0 Å². The minimum absolute atomic E-state index is 0.0583. The SMILES string of the molecule is Cc1ccc(-c2ccc(OCc3ccccc3)c(CO)c2)cn1. The number of benzene rings is 2. The summed E-state index contributed by atoms with van der Waals surface area (Å²) >= 11 is 0. The van der Waals surface area contributed by atoms with Crippen LogP contribution in [0.4, 0.5) is 0 Å². The molecule has 0 aliphatic heterocycles. The first kappa shape index (κ1) is 15.3. The Balaban J connectivity index is 1.80. The van der Waals surface area contributed by atoms with Crippen LogP contribution in [0.25, 0.3) is 11.1 Å². The predicted octanol–water partition coefficient (Wildman–Crippen LogP) is 4.13. The Morgan fingerprint density at radius 3 is 2.43 bits per heavy atom. The fraction of sp³-hybridized carbons (Fsp3) is 0.150. The Hall–Kier alpha value is -2.65. The summed E-state index contributed by atoms with van der Waals surface area (Å²) in [6.45, 7) is 2.39. The van der Waals surface area contributed by atoms with E-state index in [0.29, 0.717) is 12.4 Å². The molecule has 0 radical (unpaired) electrons. The number of aliphatic hydroxyl groups is 1. The van der Waals surface area contributed by atoms with Gasteiger partial charge in [0.15, 0.2) is 0 Å². The second kappa shape index (κ2) is 7.07. The zero-order valence-electron chi connectivity index (χ0n) is 13.1. The molecule has 0 aliphatic carbocycles. The predicted molar refractivity (Wildman–Crippen MR) is 91.1 cm³/mol. The van der Waals surface area contributed by atoms with Crippen LogP contribution < -0.4 is 4.74 Å². The van der Waals surface area contributed by atoms with E-state index in [9.17, 15) is 5.11 Å². The quantitative estimate of drug-likeness (QED) is 0.770. The minimum Gasteiger partial charge on any atom is -0.489 e. The van der Waals surface area contributed by atoms with Gasteiger partial charge in [0.05, 0.1) is 6.61 Å². The molecule has 3 aromatic rings. The summed E-state index contributed by atoms with van der Waals surface area (Å²) in [5.74, 6) is 0.708. The van der Waals surface area contributed by atoms with Gasteiger partial charge in [0.2, 0.25) is 0 Å². The van der Waals surface area contributed by atoms with Crippen molar-refractivity contribution in [2.45, 2.75) is 20.1 Å². The third-order valence-corrected chi connectivity index (χ3v) is 3.71. The zero-order valence-corrected chi connectivity index (χ0v) is 13.1. The van der Waals surface area contributed by atoms with E-state index in [1.54, 1.807) is 0 Å². The highest BCUT2D eigenvalue weighted by Gasteiger charge is 2.07. The van der Waals surface area contributed by atoms with Crippen molar-refractivity contribution in [2.75, 3.05) is 0 Å². The lowest BCUT2D eigenvalue weighted by Crippen LogP contribution is -1.99. The Morgan fingerprint density at radius 2 is 1.74 bits per heavy atom. The molecule has 2 aromatic carbocycles. The molecule has 0 bridgehead atoms. The van der Waals surface area contributed by atoms with Crippen LogP contribution in [-0.2, 0) is 13.2 Å². The van der Waals surface area contributed by atoms with Gasteiger partial charge < -0.3 is 9.84 Å². The van der Waals surface area contributed by atoms with E-state index in [0.717, 1.165) is 27.9 Å². The molecule has 0 amide bonds. The van der Waals surface area contributed by atoms with Gasteiger partial charge in [-0.05, 0) is 36.2 Å². The fourth-order valence-electron chi connectivity index (χ4n) is 2.40. The average Bonchev–Trinajstić information content (AvgIpc) is 2.61. The smallest absolute Gasteiger partial charge is 0.125 e. The number of nitrogens with zero attached hydrogens (tertiary/aromatic N) is 1. The molecule has 0 spiro atoms. The first-order valence-electron chi connectivity index (χ1n) is 7.60. The summed E-state index contributed by atoms with van der Waals surface area (Å²) in [5.41, 5.74) is 4.91. The molecule has 1 heterocycles. The van der Waals surface area contributed by atoms with Crippen molar-refractivity contribution in [3.8, 4) is 16.9 Å². The molecule has 23 heavy (non-hydrogen) atoms. The molecule has 1 N–H and O–H groups in total. The Bertz CT molecular complexity index is 767. The molecular formula is C20H19NO2. The van der Waals surface area contributed by atoms with E-state index in [4.69, 9.17) is 4.74 Å². The molecule has 116 valence electrons. The van der Waals surface area contributed by atoms with E-state index in [1.165, 1.54) is 0 Å². The lowest BCUT2D eigenvalue weighted by molar-refractivity contribution is 0.259. The van der Waals surface area contributed by atoms with E-state index < -0.39 is 0 Å². The van der Waals surface area contributed by atoms with Gasteiger partial charge in [-0.15, -0.1) is 0 Å². The normalized spacial score (nSPS) is 10.5. The van der Waals surface area contributed by atoms with Crippen LogP contribution in [0.2, 0.25) is 0 Å². The molecule has 0 saturated carbocycles. The molecule has 3 heteroatoms. The number of ether oxygens (including phenoxy) is 1. The maximum absolute atomic E-state index is 9.64. The average molecular weight is 305 g/mol. The number of hydrogen-bond acceptors (Lipinski definition) is 3. The first-order chi connectivity index (χ1) is 11.3. The van der Waals surface area contributed by atoms with Gasteiger partial charge in [0.25, 0.3) is 0 Å². The summed E-state index contributed by atoms with van der Waals surface area (Å²) in [5, 5.41) is 9.64. The molecule has 0 saturated heterocycles. The van der Waals surface area contributed by atoms with Gasteiger partial charge >= 0.3 is 0 Å². The van der Waals surface area contributed by atoms with E-state index in [2.05, 4.69) is 4.98 Å². The Kier molecular flexibility index (Phi) is 4.69. The monoisotopic (exact) mass is 305 g/mol. The molecule has 0 fully saturated rings. The third-order valence-electron chi connectivity index (χ3n) is 3.71. The Morgan fingerprint density at radius 1 is 0.957 bits per heavy atom. The molecule has 1 aromatic heterocycles. The van der Waals surface area contributed by atoms with Crippen molar-refractivity contribution in [3.63, 3.8) is 0 Å². The lowest BCUT2D eigenvalue weighted by atomic mass is 10.0. The van der Waals surface area contributed by atoms with Gasteiger partial charge in [0, 0.05) is 23.0 Å². The van der Waals surface area contributed by atoms with E-state index in [-0.39, 0.29) is 6.61 Å². The van der Waals surface area contributed by atoms with Gasteiger partial charge in [-0.2, -0.15) is 0 Å². The van der Waals surface area contributed by atoms with Gasteiger partial charge in [-0.1, -0.05) is 42.5 Å². The molecule has 3 nitrogen and oxygen atoms in total. The number of rotatable bonds is 5. The molecule has 0 unspecified atom stereocenters. The fourth-order valence-corrected chi connectivity index (χ4v) is 2.40. The van der Waals surface area contributed by atoms with E-state index >= 15 is 0 Å². The van der Waals surface area contributed by atoms with Crippen LogP contribution in [0.5, 0.6) is 5.75 Å². The lowest BCUT2D eigenvalue weighted by Gasteiger charge is -2.12. The van der Waals surface area contributed by atoms with Crippen molar-refractivity contribution in [3.05, 3.63) is 83.7 Å². The van der Waals surface area contributed by atoms with Crippen LogP contribution in [0.15, 0.2) is 66.9 Å². The maximum atomic E-state index is 9.64. The summed E-state index contributed by atoms with van der Waals surface area (Å²) in [6.07, 6.45) is 1.84. The number of aryl methyl sites for hydroxylation is 1. The number of aromatic nitrogens is 1. The van der Waals surface area contributed by atoms with Gasteiger partial charge in [-0.25, -0.2) is 0 Å². The summed E-state index contributed by atoms with van der Waals surface area (Å²) < 4.78 is 5.85. The number of pyridine rings is 1. The van der Waals surface area contributed by atoms with Crippen LogP contribution in [0.3, 0.4) is 0 Å².